The van der Waals surface area contributed by atoms with E-state index in [-0.39, 0.29) is 23.7 Å². The topological polar surface area (TPSA) is 118 Å². The molecule has 9 nitrogen and oxygen atoms in total. The van der Waals surface area contributed by atoms with E-state index in [1.807, 2.05) is 0 Å². The highest BCUT2D eigenvalue weighted by atomic mass is 32.2. The van der Waals surface area contributed by atoms with Crippen LogP contribution in [0.15, 0.2) is 59.5 Å². The summed E-state index contributed by atoms with van der Waals surface area (Å²) in [5, 5.41) is 7.07. The molecule has 5 rings (SSSR count). The van der Waals surface area contributed by atoms with E-state index < -0.39 is 38.7 Å². The van der Waals surface area contributed by atoms with Crippen molar-refractivity contribution >= 4 is 32.7 Å². The lowest BCUT2D eigenvalue weighted by atomic mass is 10.0. The highest BCUT2D eigenvalue weighted by molar-refractivity contribution is 7.91. The second-order valence-corrected chi connectivity index (χ2v) is 11.1. The van der Waals surface area contributed by atoms with E-state index in [1.165, 1.54) is 22.9 Å². The van der Waals surface area contributed by atoms with Crippen LogP contribution in [0.1, 0.15) is 25.3 Å². The summed E-state index contributed by atoms with van der Waals surface area (Å²) in [6.07, 6.45) is 3.54. The van der Waals surface area contributed by atoms with Crippen molar-refractivity contribution in [3.63, 3.8) is 0 Å². The first kappa shape index (κ1) is 26.7. The molecule has 4 aromatic rings. The second kappa shape index (κ2) is 11.1. The molecule has 3 heterocycles. The van der Waals surface area contributed by atoms with Crippen molar-refractivity contribution in [3.05, 3.63) is 82.3 Å². The van der Waals surface area contributed by atoms with E-state index in [0.717, 1.165) is 32.0 Å². The maximum Gasteiger partial charge on any atom is 0.260 e. The van der Waals surface area contributed by atoms with Gasteiger partial charge in [0.2, 0.25) is 16.0 Å². The zero-order valence-electron chi connectivity index (χ0n) is 21.2. The number of halogens is 2. The van der Waals surface area contributed by atoms with Gasteiger partial charge in [-0.25, -0.2) is 22.2 Å². The molecule has 1 atom stereocenters. The van der Waals surface area contributed by atoms with Crippen molar-refractivity contribution in [1.82, 2.24) is 19.9 Å². The minimum Gasteiger partial charge on any atom is -0.350 e. The number of sulfonamides is 1. The molecule has 2 aromatic heterocycles. The lowest BCUT2D eigenvalue weighted by Gasteiger charge is -2.23. The van der Waals surface area contributed by atoms with Gasteiger partial charge in [0.1, 0.15) is 5.65 Å². The van der Waals surface area contributed by atoms with Crippen molar-refractivity contribution in [2.24, 2.45) is 0 Å². The number of piperidine rings is 1. The fraction of sp³-hybridized carbons (Fsp3) is 0.296. The third kappa shape index (κ3) is 5.76. The maximum atomic E-state index is 15.3. The standard InChI is InChI=1S/C27H28F2N6O3S/c1-2-35-25-18(14-31-27(33-25)32-19-9-6-12-30-15-19)13-21(26(35)36)20-10-11-22(24(29)23(20)28)34-39(37,38)16-17-7-4-3-5-8-17/h3-5,7-8,10-11,13-14,19,30,34H,2,6,9,12,15-16H2,1H3,(H,31,32,33). The van der Waals surface area contributed by atoms with Crippen molar-refractivity contribution in [1.29, 1.82) is 0 Å². The van der Waals surface area contributed by atoms with E-state index >= 15 is 8.78 Å². The summed E-state index contributed by atoms with van der Waals surface area (Å²) in [4.78, 5) is 22.3. The molecule has 0 radical (unpaired) electrons. The van der Waals surface area contributed by atoms with E-state index in [2.05, 4.69) is 25.3 Å². The molecule has 2 aromatic carbocycles. The number of pyridine rings is 1. The van der Waals surface area contributed by atoms with Gasteiger partial charge in [0, 0.05) is 36.3 Å². The van der Waals surface area contributed by atoms with Gasteiger partial charge in [0.05, 0.1) is 17.0 Å². The largest absolute Gasteiger partial charge is 0.350 e. The molecule has 3 N–H and O–H groups in total. The molecule has 0 amide bonds. The molecule has 0 saturated carbocycles. The second-order valence-electron chi connectivity index (χ2n) is 9.40. The van der Waals surface area contributed by atoms with Gasteiger partial charge in [-0.3, -0.25) is 14.1 Å². The predicted octanol–water partition coefficient (Wildman–Crippen LogP) is 3.86. The summed E-state index contributed by atoms with van der Waals surface area (Å²) in [6, 6.07) is 12.2. The van der Waals surface area contributed by atoms with Gasteiger partial charge < -0.3 is 10.6 Å². The van der Waals surface area contributed by atoms with Crippen LogP contribution in [-0.2, 0) is 22.3 Å². The Balaban J connectivity index is 1.47. The minimum atomic E-state index is -4.02. The normalized spacial score (nSPS) is 15.8. The van der Waals surface area contributed by atoms with Crippen molar-refractivity contribution in [2.45, 2.75) is 38.1 Å². The van der Waals surface area contributed by atoms with Gasteiger partial charge >= 0.3 is 0 Å². The molecular formula is C27H28F2N6O3S. The van der Waals surface area contributed by atoms with Crippen LogP contribution < -0.4 is 20.9 Å². The Labute approximate surface area is 224 Å². The van der Waals surface area contributed by atoms with Crippen LogP contribution >= 0.6 is 0 Å². The number of hydrogen-bond donors (Lipinski definition) is 3. The number of nitrogens with one attached hydrogen (secondary N) is 3. The van der Waals surface area contributed by atoms with E-state index in [4.69, 9.17) is 0 Å². The smallest absolute Gasteiger partial charge is 0.260 e. The SMILES string of the molecule is CCn1c(=O)c(-c2ccc(NS(=O)(=O)Cc3ccccc3)c(F)c2F)cc2cnc(NC3CCCNC3)nc21. The average molecular weight is 555 g/mol. The molecule has 39 heavy (non-hydrogen) atoms. The van der Waals surface area contributed by atoms with Crippen LogP contribution in [0.4, 0.5) is 20.4 Å². The monoisotopic (exact) mass is 554 g/mol. The first-order valence-corrected chi connectivity index (χ1v) is 14.3. The number of nitrogens with zero attached hydrogens (tertiary/aromatic N) is 3. The third-order valence-corrected chi connectivity index (χ3v) is 7.86. The summed E-state index contributed by atoms with van der Waals surface area (Å²) < 4.78 is 58.9. The van der Waals surface area contributed by atoms with Crippen LogP contribution in [0.5, 0.6) is 0 Å². The van der Waals surface area contributed by atoms with Crippen LogP contribution in [0, 0.1) is 11.6 Å². The number of hydrogen-bond acceptors (Lipinski definition) is 7. The molecule has 12 heteroatoms. The van der Waals surface area contributed by atoms with Gasteiger partial charge in [-0.2, -0.15) is 4.98 Å². The first-order chi connectivity index (χ1) is 18.8. The molecular weight excluding hydrogens is 526 g/mol. The summed E-state index contributed by atoms with van der Waals surface area (Å²) in [5.41, 5.74) is -0.596. The number of fused-ring (bicyclic) bond motifs is 1. The van der Waals surface area contributed by atoms with E-state index in [0.29, 0.717) is 22.5 Å². The molecule has 1 unspecified atom stereocenters. The van der Waals surface area contributed by atoms with E-state index in [1.54, 1.807) is 37.3 Å². The highest BCUT2D eigenvalue weighted by Crippen LogP contribution is 2.29. The fourth-order valence-electron chi connectivity index (χ4n) is 4.71. The maximum absolute atomic E-state index is 15.3. The highest BCUT2D eigenvalue weighted by Gasteiger charge is 2.22. The Bertz CT molecular complexity index is 1670. The van der Waals surface area contributed by atoms with Gasteiger partial charge in [0.15, 0.2) is 11.6 Å². The zero-order chi connectivity index (χ0) is 27.6. The molecule has 204 valence electrons. The van der Waals surface area contributed by atoms with Crippen LogP contribution in [0.3, 0.4) is 0 Å². The Kier molecular flexibility index (Phi) is 7.58. The number of aromatic nitrogens is 3. The van der Waals surface area contributed by atoms with Crippen LogP contribution in [-0.4, -0.2) is 42.1 Å². The minimum absolute atomic E-state index is 0.0831. The molecule has 1 saturated heterocycles. The molecule has 0 spiro atoms. The van der Waals surface area contributed by atoms with Gasteiger partial charge in [-0.1, -0.05) is 30.3 Å². The van der Waals surface area contributed by atoms with Crippen molar-refractivity contribution in [2.75, 3.05) is 23.1 Å². The molecule has 0 aliphatic carbocycles. The molecule has 1 aliphatic rings. The Hall–Kier alpha value is -3.90. The van der Waals surface area contributed by atoms with E-state index in [9.17, 15) is 13.2 Å². The van der Waals surface area contributed by atoms with Gasteiger partial charge in [-0.05, 0) is 50.1 Å². The number of benzene rings is 2. The van der Waals surface area contributed by atoms with Crippen molar-refractivity contribution in [3.8, 4) is 11.1 Å². The molecule has 1 fully saturated rings. The lowest BCUT2D eigenvalue weighted by molar-refractivity contribution is 0.478. The van der Waals surface area contributed by atoms with Crippen molar-refractivity contribution < 1.29 is 17.2 Å². The average Bonchev–Trinajstić information content (AvgIpc) is 2.92. The van der Waals surface area contributed by atoms with Gasteiger partial charge in [-0.15, -0.1) is 0 Å². The number of rotatable bonds is 8. The predicted molar refractivity (Wildman–Crippen MR) is 147 cm³/mol. The Morgan fingerprint density at radius 3 is 2.62 bits per heavy atom. The van der Waals surface area contributed by atoms with Crippen LogP contribution in [0.2, 0.25) is 0 Å². The summed E-state index contributed by atoms with van der Waals surface area (Å²) in [5.74, 6) is -2.76. The molecule has 0 bridgehead atoms. The Morgan fingerprint density at radius 2 is 1.90 bits per heavy atom. The zero-order valence-corrected chi connectivity index (χ0v) is 22.1. The number of anilines is 2. The van der Waals surface area contributed by atoms with Crippen LogP contribution in [0.25, 0.3) is 22.2 Å². The van der Waals surface area contributed by atoms with Gasteiger partial charge in [0.25, 0.3) is 5.56 Å². The summed E-state index contributed by atoms with van der Waals surface area (Å²) in [6.45, 7) is 3.75. The lowest BCUT2D eigenvalue weighted by Crippen LogP contribution is -2.38. The third-order valence-electron chi connectivity index (χ3n) is 6.61. The number of aryl methyl sites for hydroxylation is 1. The fourth-order valence-corrected chi connectivity index (χ4v) is 5.90. The summed E-state index contributed by atoms with van der Waals surface area (Å²) in [7, 11) is -4.02. The summed E-state index contributed by atoms with van der Waals surface area (Å²) >= 11 is 0. The Morgan fingerprint density at radius 1 is 1.10 bits per heavy atom. The first-order valence-electron chi connectivity index (χ1n) is 12.7. The molecule has 1 aliphatic heterocycles. The quantitative estimate of drug-likeness (QED) is 0.303.